The molecule has 0 aliphatic heterocycles. The lowest BCUT2D eigenvalue weighted by atomic mass is 9.27. The van der Waals surface area contributed by atoms with Gasteiger partial charge in [0, 0.05) is 0 Å². The Kier molecular flexibility index (Phi) is 4.73. The van der Waals surface area contributed by atoms with Gasteiger partial charge in [0.25, 0.3) is 0 Å². The summed E-state index contributed by atoms with van der Waals surface area (Å²) in [7, 11) is 0. The fraction of sp³-hybridized carbons (Fsp3) is 0.545. The topological polar surface area (TPSA) is 0 Å². The molecule has 2 aliphatic carbocycles. The van der Waals surface area contributed by atoms with Crippen molar-refractivity contribution in [3.63, 3.8) is 0 Å². The Labute approximate surface area is 141 Å². The van der Waals surface area contributed by atoms with Crippen LogP contribution in [0.2, 0.25) is 11.6 Å². The minimum Gasteiger partial charge on any atom is -0.0718 e. The Morgan fingerprint density at radius 3 is 1.83 bits per heavy atom. The van der Waals surface area contributed by atoms with Gasteiger partial charge in [-0.1, -0.05) is 124 Å². The second kappa shape index (κ2) is 7.12. The van der Waals surface area contributed by atoms with Crippen LogP contribution in [-0.2, 0) is 0 Å². The fourth-order valence-electron chi connectivity index (χ4n) is 5.42. The van der Waals surface area contributed by atoms with E-state index in [4.69, 9.17) is 0 Å². The highest BCUT2D eigenvalue weighted by atomic mass is 14.2. The molecule has 0 atom stereocenters. The summed E-state index contributed by atoms with van der Waals surface area (Å²) in [6, 6.07) is 16.1. The standard InChI is InChI=1S/C22H29B/c1-3-12-19(13-4-1)23(20-14-5-2-6-15-20)22-17-9-11-18-10-7-8-16-21(18)22/h7-11,16-17,19-20H,1-6,12-15H2. The van der Waals surface area contributed by atoms with Crippen LogP contribution in [0.3, 0.4) is 0 Å². The molecule has 1 heteroatoms. The number of hydrogen-bond acceptors (Lipinski definition) is 0. The fourth-order valence-corrected chi connectivity index (χ4v) is 5.42. The second-order valence-electron chi connectivity index (χ2n) is 7.89. The van der Waals surface area contributed by atoms with Gasteiger partial charge >= 0.3 is 0 Å². The molecule has 0 spiro atoms. The zero-order valence-corrected chi connectivity index (χ0v) is 14.3. The minimum absolute atomic E-state index is 0.807. The Balaban J connectivity index is 1.76. The molecule has 0 N–H and O–H groups in total. The monoisotopic (exact) mass is 304 g/mol. The van der Waals surface area contributed by atoms with E-state index in [1.54, 1.807) is 5.46 Å². The quantitative estimate of drug-likeness (QED) is 0.591. The van der Waals surface area contributed by atoms with Gasteiger partial charge in [0.2, 0.25) is 0 Å². The maximum absolute atomic E-state index is 2.45. The molecule has 2 aromatic carbocycles. The molecule has 0 nitrogen and oxygen atoms in total. The van der Waals surface area contributed by atoms with Gasteiger partial charge in [-0.15, -0.1) is 0 Å². The first-order valence-electron chi connectivity index (χ1n) is 9.91. The van der Waals surface area contributed by atoms with Crippen molar-refractivity contribution in [2.24, 2.45) is 0 Å². The summed E-state index contributed by atoms with van der Waals surface area (Å²) >= 11 is 0. The van der Waals surface area contributed by atoms with Gasteiger partial charge < -0.3 is 0 Å². The van der Waals surface area contributed by atoms with Crippen molar-refractivity contribution >= 4 is 22.9 Å². The third kappa shape index (κ3) is 3.20. The predicted octanol–water partition coefficient (Wildman–Crippen LogP) is 6.21. The molecular formula is C22H29B. The third-order valence-corrected chi connectivity index (χ3v) is 6.50. The van der Waals surface area contributed by atoms with E-state index < -0.39 is 0 Å². The SMILES string of the molecule is c1ccc2c(B(C3CCCCC3)C3CCCCC3)cccc2c1. The van der Waals surface area contributed by atoms with Crippen LogP contribution < -0.4 is 5.46 Å². The summed E-state index contributed by atoms with van der Waals surface area (Å²) in [5.74, 6) is 1.86. The largest absolute Gasteiger partial charge is 0.183 e. The van der Waals surface area contributed by atoms with E-state index >= 15 is 0 Å². The van der Waals surface area contributed by atoms with Crippen LogP contribution in [0.1, 0.15) is 64.2 Å². The maximum atomic E-state index is 2.45. The normalized spacial score (nSPS) is 20.7. The van der Waals surface area contributed by atoms with Crippen molar-refractivity contribution in [2.45, 2.75) is 75.8 Å². The molecule has 0 amide bonds. The average Bonchev–Trinajstić information content (AvgIpc) is 2.64. The number of rotatable bonds is 3. The van der Waals surface area contributed by atoms with Crippen LogP contribution in [0.4, 0.5) is 0 Å². The van der Waals surface area contributed by atoms with Crippen LogP contribution in [0.25, 0.3) is 10.8 Å². The minimum atomic E-state index is 0.807. The van der Waals surface area contributed by atoms with E-state index in [0.717, 1.165) is 18.3 Å². The Morgan fingerprint density at radius 1 is 0.609 bits per heavy atom. The van der Waals surface area contributed by atoms with Gasteiger partial charge in [0.15, 0.2) is 6.71 Å². The first-order valence-corrected chi connectivity index (χ1v) is 9.91. The van der Waals surface area contributed by atoms with Gasteiger partial charge in [0.1, 0.15) is 0 Å². The van der Waals surface area contributed by atoms with Crippen LogP contribution >= 0.6 is 0 Å². The zero-order valence-electron chi connectivity index (χ0n) is 14.3. The van der Waals surface area contributed by atoms with E-state index in [1.807, 2.05) is 0 Å². The molecule has 0 radical (unpaired) electrons. The van der Waals surface area contributed by atoms with E-state index in [-0.39, 0.29) is 0 Å². The lowest BCUT2D eigenvalue weighted by molar-refractivity contribution is 0.465. The molecule has 0 unspecified atom stereocenters. The predicted molar refractivity (Wildman–Crippen MR) is 103 cm³/mol. The van der Waals surface area contributed by atoms with Crippen molar-refractivity contribution in [1.82, 2.24) is 0 Å². The summed E-state index contributed by atoms with van der Waals surface area (Å²) in [5.41, 5.74) is 1.67. The van der Waals surface area contributed by atoms with Gasteiger partial charge in [-0.05, 0) is 10.8 Å². The maximum Gasteiger partial charge on any atom is 0.183 e. The van der Waals surface area contributed by atoms with Crippen molar-refractivity contribution in [1.29, 1.82) is 0 Å². The number of benzene rings is 2. The van der Waals surface area contributed by atoms with Crippen LogP contribution in [-0.4, -0.2) is 6.71 Å². The highest BCUT2D eigenvalue weighted by molar-refractivity contribution is 6.78. The smallest absolute Gasteiger partial charge is 0.0718 e. The molecular weight excluding hydrogens is 275 g/mol. The lowest BCUT2D eigenvalue weighted by Gasteiger charge is -2.36. The van der Waals surface area contributed by atoms with Crippen LogP contribution in [0.15, 0.2) is 42.5 Å². The third-order valence-electron chi connectivity index (χ3n) is 6.50. The van der Waals surface area contributed by atoms with Gasteiger partial charge in [-0.3, -0.25) is 0 Å². The van der Waals surface area contributed by atoms with E-state index in [2.05, 4.69) is 42.5 Å². The molecule has 2 aliphatic rings. The summed E-state index contributed by atoms with van der Waals surface area (Å²) in [6.45, 7) is 0.807. The highest BCUT2D eigenvalue weighted by Crippen LogP contribution is 2.41. The number of fused-ring (bicyclic) bond motifs is 1. The molecule has 0 saturated heterocycles. The van der Waals surface area contributed by atoms with Gasteiger partial charge in [0.05, 0.1) is 0 Å². The first kappa shape index (κ1) is 15.3. The Morgan fingerprint density at radius 2 is 1.17 bits per heavy atom. The molecule has 0 bridgehead atoms. The molecule has 120 valence electrons. The highest BCUT2D eigenvalue weighted by Gasteiger charge is 2.36. The summed E-state index contributed by atoms with van der Waals surface area (Å²) < 4.78 is 0. The van der Waals surface area contributed by atoms with Crippen LogP contribution in [0.5, 0.6) is 0 Å². The summed E-state index contributed by atoms with van der Waals surface area (Å²) in [6.07, 6.45) is 14.6. The van der Waals surface area contributed by atoms with E-state index in [9.17, 15) is 0 Å². The molecule has 23 heavy (non-hydrogen) atoms. The zero-order chi connectivity index (χ0) is 15.5. The average molecular weight is 304 g/mol. The van der Waals surface area contributed by atoms with Crippen LogP contribution in [0, 0.1) is 0 Å². The van der Waals surface area contributed by atoms with Crippen molar-refractivity contribution in [2.75, 3.05) is 0 Å². The van der Waals surface area contributed by atoms with Gasteiger partial charge in [-0.2, -0.15) is 0 Å². The summed E-state index contributed by atoms with van der Waals surface area (Å²) in [4.78, 5) is 0. The number of hydrogen-bond donors (Lipinski definition) is 0. The first-order chi connectivity index (χ1) is 11.4. The van der Waals surface area contributed by atoms with Crippen molar-refractivity contribution < 1.29 is 0 Å². The molecule has 4 rings (SSSR count). The van der Waals surface area contributed by atoms with E-state index in [0.29, 0.717) is 0 Å². The summed E-state index contributed by atoms with van der Waals surface area (Å²) in [5, 5.41) is 2.96. The molecule has 0 heterocycles. The molecule has 2 aromatic rings. The van der Waals surface area contributed by atoms with Gasteiger partial charge in [-0.25, -0.2) is 0 Å². The van der Waals surface area contributed by atoms with Crippen molar-refractivity contribution in [3.8, 4) is 0 Å². The Bertz CT molecular complexity index is 612. The second-order valence-corrected chi connectivity index (χ2v) is 7.89. The molecule has 2 fully saturated rings. The van der Waals surface area contributed by atoms with E-state index in [1.165, 1.54) is 75.0 Å². The molecule has 0 aromatic heterocycles. The van der Waals surface area contributed by atoms with Crippen molar-refractivity contribution in [3.05, 3.63) is 42.5 Å². The molecule has 2 saturated carbocycles. The lowest BCUT2D eigenvalue weighted by Crippen LogP contribution is -2.41. The Hall–Kier alpha value is -1.24.